The molecule has 0 saturated heterocycles. The van der Waals surface area contributed by atoms with Crippen LogP contribution in [0.5, 0.6) is 0 Å². The van der Waals surface area contributed by atoms with Crippen molar-refractivity contribution in [3.8, 4) is 12.0 Å². The molecule has 0 aromatic heterocycles. The van der Waals surface area contributed by atoms with Gasteiger partial charge in [-0.15, -0.1) is 0 Å². The molecular weight excluding hydrogens is 98.1 g/mol. The highest BCUT2D eigenvalue weighted by atomic mass is 14.8. The predicted octanol–water partition coefficient (Wildman–Crippen LogP) is 1.36. The molecule has 0 aliphatic rings. The molecule has 0 fully saturated rings. The normalized spacial score (nSPS) is 7.25. The third kappa shape index (κ3) is 5.36. The highest BCUT2D eigenvalue weighted by molar-refractivity contribution is 4.95. The molecule has 0 rings (SSSR count). The van der Waals surface area contributed by atoms with Crippen LogP contribution in [0.1, 0.15) is 26.2 Å². The van der Waals surface area contributed by atoms with Crippen molar-refractivity contribution in [2.45, 2.75) is 26.2 Å². The Hall–Kier alpha value is -0.640. The van der Waals surface area contributed by atoms with E-state index in [0.717, 1.165) is 6.42 Å². The molecule has 0 atom stereocenters. The monoisotopic (exact) mass is 111 g/mol. The maximum atomic E-state index is 2.97. The molecule has 0 spiro atoms. The molecule has 1 N–H and O–H groups in total. The number of hydrogen-bond donors (Lipinski definition) is 1. The van der Waals surface area contributed by atoms with Gasteiger partial charge in [0.15, 0.2) is 0 Å². The lowest BCUT2D eigenvalue weighted by Gasteiger charge is -1.82. The Morgan fingerprint density at radius 3 is 2.75 bits per heavy atom. The lowest BCUT2D eigenvalue weighted by molar-refractivity contribution is 0.827. The Morgan fingerprint density at radius 2 is 2.25 bits per heavy atom. The molecule has 0 bridgehead atoms. The molecule has 0 aromatic rings. The van der Waals surface area contributed by atoms with Crippen molar-refractivity contribution in [1.82, 2.24) is 5.32 Å². The van der Waals surface area contributed by atoms with Crippen molar-refractivity contribution in [3.05, 3.63) is 0 Å². The molecule has 1 nitrogen and oxygen atoms in total. The van der Waals surface area contributed by atoms with Gasteiger partial charge in [0.2, 0.25) is 0 Å². The molecule has 0 heterocycles. The van der Waals surface area contributed by atoms with E-state index in [0.29, 0.717) is 0 Å². The molecule has 8 heavy (non-hydrogen) atoms. The van der Waals surface area contributed by atoms with Gasteiger partial charge in [-0.25, -0.2) is 0 Å². The number of nitrogens with one attached hydrogen (secondary N) is 1. The number of unbranched alkanes of at least 4 members (excludes halogenated alkanes) is 2. The van der Waals surface area contributed by atoms with Gasteiger partial charge in [0.05, 0.1) is 0 Å². The van der Waals surface area contributed by atoms with Crippen molar-refractivity contribution >= 4 is 0 Å². The van der Waals surface area contributed by atoms with Crippen LogP contribution in [0, 0.1) is 12.0 Å². The molecular formula is C7H13N. The summed E-state index contributed by atoms with van der Waals surface area (Å²) in [5.74, 6) is 2.97. The Bertz CT molecular complexity index is 86.3. The van der Waals surface area contributed by atoms with E-state index in [1.165, 1.54) is 12.8 Å². The van der Waals surface area contributed by atoms with Crippen molar-refractivity contribution in [1.29, 1.82) is 0 Å². The van der Waals surface area contributed by atoms with Gasteiger partial charge in [0, 0.05) is 19.5 Å². The molecule has 0 aliphatic carbocycles. The first-order chi connectivity index (χ1) is 3.91. The first-order valence-corrected chi connectivity index (χ1v) is 3.06. The molecule has 46 valence electrons. The minimum Gasteiger partial charge on any atom is -0.349 e. The molecule has 0 saturated carbocycles. The maximum absolute atomic E-state index is 2.97. The Kier molecular flexibility index (Phi) is 5.85. The minimum absolute atomic E-state index is 1.03. The largest absolute Gasteiger partial charge is 0.349 e. The van der Waals surface area contributed by atoms with Crippen LogP contribution in [0.3, 0.4) is 0 Å². The van der Waals surface area contributed by atoms with E-state index in [2.05, 4.69) is 24.2 Å². The highest BCUT2D eigenvalue weighted by Gasteiger charge is 1.73. The van der Waals surface area contributed by atoms with Crippen molar-refractivity contribution in [2.24, 2.45) is 0 Å². The lowest BCUT2D eigenvalue weighted by Crippen LogP contribution is -1.91. The fourth-order valence-corrected chi connectivity index (χ4v) is 0.416. The summed E-state index contributed by atoms with van der Waals surface area (Å²) in [5.41, 5.74) is 0. The second-order valence-corrected chi connectivity index (χ2v) is 1.66. The molecule has 0 aromatic carbocycles. The lowest BCUT2D eigenvalue weighted by atomic mass is 10.3. The van der Waals surface area contributed by atoms with Crippen LogP contribution >= 0.6 is 0 Å². The van der Waals surface area contributed by atoms with E-state index in [1.54, 1.807) is 0 Å². The third-order valence-electron chi connectivity index (χ3n) is 0.869. The van der Waals surface area contributed by atoms with E-state index in [4.69, 9.17) is 0 Å². The number of rotatable bonds is 2. The van der Waals surface area contributed by atoms with Gasteiger partial charge in [0.1, 0.15) is 0 Å². The van der Waals surface area contributed by atoms with Gasteiger partial charge in [-0.05, 0) is 6.42 Å². The van der Waals surface area contributed by atoms with E-state index in [-0.39, 0.29) is 0 Å². The van der Waals surface area contributed by atoms with Crippen LogP contribution in [0.25, 0.3) is 0 Å². The Balaban J connectivity index is 2.90. The average molecular weight is 111 g/mol. The first-order valence-electron chi connectivity index (χ1n) is 3.06. The van der Waals surface area contributed by atoms with Crippen molar-refractivity contribution < 1.29 is 0 Å². The Morgan fingerprint density at radius 1 is 1.50 bits per heavy atom. The fraction of sp³-hybridized carbons (Fsp3) is 0.714. The van der Waals surface area contributed by atoms with Gasteiger partial charge in [-0.2, -0.15) is 0 Å². The summed E-state index contributed by atoms with van der Waals surface area (Å²) < 4.78 is 0. The molecule has 1 heteroatoms. The van der Waals surface area contributed by atoms with Gasteiger partial charge < -0.3 is 5.32 Å². The second kappa shape index (κ2) is 6.36. The van der Waals surface area contributed by atoms with E-state index >= 15 is 0 Å². The summed E-state index contributed by atoms with van der Waals surface area (Å²) in [6.45, 7) is 2.17. The summed E-state index contributed by atoms with van der Waals surface area (Å²) >= 11 is 0. The van der Waals surface area contributed by atoms with Crippen LogP contribution in [-0.4, -0.2) is 7.05 Å². The average Bonchev–Trinajstić information content (AvgIpc) is 1.81. The van der Waals surface area contributed by atoms with Gasteiger partial charge >= 0.3 is 0 Å². The topological polar surface area (TPSA) is 12.0 Å². The van der Waals surface area contributed by atoms with Gasteiger partial charge in [-0.3, -0.25) is 0 Å². The summed E-state index contributed by atoms with van der Waals surface area (Å²) in [5, 5.41) is 2.77. The summed E-state index contributed by atoms with van der Waals surface area (Å²) in [4.78, 5) is 0. The van der Waals surface area contributed by atoms with Crippen LogP contribution in [0.2, 0.25) is 0 Å². The van der Waals surface area contributed by atoms with Crippen LogP contribution < -0.4 is 5.32 Å². The third-order valence-corrected chi connectivity index (χ3v) is 0.869. The zero-order valence-corrected chi connectivity index (χ0v) is 5.62. The summed E-state index contributed by atoms with van der Waals surface area (Å²) in [6, 6.07) is 2.78. The van der Waals surface area contributed by atoms with Gasteiger partial charge in [-0.1, -0.05) is 19.3 Å². The minimum atomic E-state index is 1.03. The van der Waals surface area contributed by atoms with E-state index < -0.39 is 0 Å². The smallest absolute Gasteiger partial charge is 0.0116 e. The molecule has 0 unspecified atom stereocenters. The predicted molar refractivity (Wildman–Crippen MR) is 36.4 cm³/mol. The highest BCUT2D eigenvalue weighted by Crippen LogP contribution is 1.89. The Labute approximate surface area is 51.5 Å². The first kappa shape index (κ1) is 7.36. The quantitative estimate of drug-likeness (QED) is 0.322. The second-order valence-electron chi connectivity index (χ2n) is 1.66. The fourth-order valence-electron chi connectivity index (χ4n) is 0.416. The zero-order valence-electron chi connectivity index (χ0n) is 5.62. The van der Waals surface area contributed by atoms with Crippen molar-refractivity contribution in [3.63, 3.8) is 0 Å². The summed E-state index contributed by atoms with van der Waals surface area (Å²) in [6.07, 6.45) is 3.48. The molecule has 0 aliphatic heterocycles. The van der Waals surface area contributed by atoms with Crippen LogP contribution in [0.15, 0.2) is 0 Å². The maximum Gasteiger partial charge on any atom is 0.0116 e. The van der Waals surface area contributed by atoms with Crippen LogP contribution in [0.4, 0.5) is 0 Å². The van der Waals surface area contributed by atoms with Crippen molar-refractivity contribution in [2.75, 3.05) is 7.05 Å². The van der Waals surface area contributed by atoms with E-state index in [9.17, 15) is 0 Å². The summed E-state index contributed by atoms with van der Waals surface area (Å²) in [7, 11) is 1.83. The number of hydrogen-bond acceptors (Lipinski definition) is 1. The van der Waals surface area contributed by atoms with E-state index in [1.807, 2.05) is 7.05 Å². The van der Waals surface area contributed by atoms with Crippen LogP contribution in [-0.2, 0) is 0 Å². The van der Waals surface area contributed by atoms with Gasteiger partial charge in [0.25, 0.3) is 0 Å². The molecule has 0 amide bonds. The SMILES string of the molecule is CCCCC#CNC. The molecule has 0 radical (unpaired) electrons. The standard InChI is InChI=1S/C7H13N/c1-3-4-5-6-7-8-2/h8H,3-5H2,1-2H3. The zero-order chi connectivity index (χ0) is 6.24.